The van der Waals surface area contributed by atoms with Gasteiger partial charge in [0.05, 0.1) is 6.04 Å². The summed E-state index contributed by atoms with van der Waals surface area (Å²) in [6, 6.07) is 4.77. The molecule has 1 atom stereocenters. The van der Waals surface area contributed by atoms with Crippen molar-refractivity contribution >= 4 is 5.91 Å². The van der Waals surface area contributed by atoms with Crippen LogP contribution in [0.15, 0.2) is 27.4 Å². The summed E-state index contributed by atoms with van der Waals surface area (Å²) in [5, 5.41) is 7.27. The van der Waals surface area contributed by atoms with Gasteiger partial charge in [0.2, 0.25) is 0 Å². The van der Waals surface area contributed by atoms with Crippen LogP contribution in [-0.4, -0.2) is 15.7 Å². The van der Waals surface area contributed by atoms with Crippen molar-refractivity contribution in [3.8, 4) is 0 Å². The normalized spacial score (nSPS) is 18.6. The molecule has 0 saturated carbocycles. The number of carbonyl (C=O) groups excluding carboxylic acids is 1. The number of carbonyl (C=O) groups is 1. The van der Waals surface area contributed by atoms with Gasteiger partial charge in [-0.25, -0.2) is 4.68 Å². The number of nitrogens with one attached hydrogen (secondary N) is 1. The molecule has 6 heteroatoms. The Balaban J connectivity index is 1.85. The molecule has 0 radical (unpaired) electrons. The SMILES string of the molecule is CCCn1nc(C(=O)N[C@H]2CC(C)(C)Cc3oc(C)cc32)ccc1=O. The fraction of sp³-hybridized carbons (Fsp3) is 0.526. The average molecular weight is 343 g/mol. The first-order valence-electron chi connectivity index (χ1n) is 8.77. The lowest BCUT2D eigenvalue weighted by molar-refractivity contribution is 0.0909. The van der Waals surface area contributed by atoms with Gasteiger partial charge in [-0.15, -0.1) is 0 Å². The van der Waals surface area contributed by atoms with Gasteiger partial charge in [0.15, 0.2) is 0 Å². The van der Waals surface area contributed by atoms with Crippen LogP contribution in [-0.2, 0) is 13.0 Å². The van der Waals surface area contributed by atoms with Crippen LogP contribution in [0.3, 0.4) is 0 Å². The fourth-order valence-corrected chi connectivity index (χ4v) is 3.49. The van der Waals surface area contributed by atoms with Gasteiger partial charge < -0.3 is 9.73 Å². The monoisotopic (exact) mass is 343 g/mol. The summed E-state index contributed by atoms with van der Waals surface area (Å²) >= 11 is 0. The molecule has 0 spiro atoms. The van der Waals surface area contributed by atoms with Gasteiger partial charge in [0.1, 0.15) is 17.2 Å². The summed E-state index contributed by atoms with van der Waals surface area (Å²) in [7, 11) is 0. The van der Waals surface area contributed by atoms with Gasteiger partial charge in [-0.3, -0.25) is 9.59 Å². The lowest BCUT2D eigenvalue weighted by atomic mass is 9.74. The van der Waals surface area contributed by atoms with Gasteiger partial charge in [0.25, 0.3) is 11.5 Å². The number of hydrogen-bond donors (Lipinski definition) is 1. The maximum absolute atomic E-state index is 12.7. The molecular formula is C19H25N3O3. The lowest BCUT2D eigenvalue weighted by Gasteiger charge is -2.34. The number of nitrogens with zero attached hydrogens (tertiary/aromatic N) is 2. The van der Waals surface area contributed by atoms with E-state index in [1.54, 1.807) is 0 Å². The van der Waals surface area contributed by atoms with Gasteiger partial charge in [0, 0.05) is 24.6 Å². The molecule has 0 saturated heterocycles. The van der Waals surface area contributed by atoms with Crippen LogP contribution in [0.4, 0.5) is 0 Å². The molecule has 1 amide bonds. The first-order valence-corrected chi connectivity index (χ1v) is 8.77. The molecule has 0 fully saturated rings. The van der Waals surface area contributed by atoms with Crippen molar-refractivity contribution in [2.24, 2.45) is 5.41 Å². The van der Waals surface area contributed by atoms with Gasteiger partial charge in [-0.1, -0.05) is 20.8 Å². The highest BCUT2D eigenvalue weighted by atomic mass is 16.3. The van der Waals surface area contributed by atoms with Crippen molar-refractivity contribution in [2.45, 2.75) is 59.5 Å². The van der Waals surface area contributed by atoms with E-state index in [4.69, 9.17) is 4.42 Å². The predicted octanol–water partition coefficient (Wildman–Crippen LogP) is 3.00. The third-order valence-corrected chi connectivity index (χ3v) is 4.58. The van der Waals surface area contributed by atoms with E-state index >= 15 is 0 Å². The topological polar surface area (TPSA) is 77.1 Å². The van der Waals surface area contributed by atoms with Crippen LogP contribution >= 0.6 is 0 Å². The van der Waals surface area contributed by atoms with Crippen LogP contribution < -0.4 is 10.9 Å². The minimum absolute atomic E-state index is 0.0453. The zero-order valence-corrected chi connectivity index (χ0v) is 15.3. The molecule has 0 aliphatic heterocycles. The van der Waals surface area contributed by atoms with Crippen LogP contribution in [0.1, 0.15) is 67.2 Å². The minimum atomic E-state index is -0.266. The van der Waals surface area contributed by atoms with E-state index in [2.05, 4.69) is 24.3 Å². The summed E-state index contributed by atoms with van der Waals surface area (Å²) in [6.07, 6.45) is 2.48. The second-order valence-electron chi connectivity index (χ2n) is 7.59. The average Bonchev–Trinajstić information content (AvgIpc) is 2.88. The highest BCUT2D eigenvalue weighted by molar-refractivity contribution is 5.92. The van der Waals surface area contributed by atoms with Gasteiger partial charge in [-0.05, 0) is 37.3 Å². The summed E-state index contributed by atoms with van der Waals surface area (Å²) in [4.78, 5) is 24.5. The van der Waals surface area contributed by atoms with Crippen molar-refractivity contribution < 1.29 is 9.21 Å². The number of aromatic nitrogens is 2. The van der Waals surface area contributed by atoms with Crippen LogP contribution in [0.5, 0.6) is 0 Å². The smallest absolute Gasteiger partial charge is 0.272 e. The molecule has 3 rings (SSSR count). The third-order valence-electron chi connectivity index (χ3n) is 4.58. The molecule has 0 aromatic carbocycles. The van der Waals surface area contributed by atoms with Crippen LogP contribution in [0.25, 0.3) is 0 Å². The largest absolute Gasteiger partial charge is 0.466 e. The second kappa shape index (κ2) is 6.50. The maximum atomic E-state index is 12.7. The molecule has 134 valence electrons. The van der Waals surface area contributed by atoms with E-state index in [-0.39, 0.29) is 28.6 Å². The molecular weight excluding hydrogens is 318 g/mol. The molecule has 1 N–H and O–H groups in total. The molecule has 2 aromatic rings. The Kier molecular flexibility index (Phi) is 4.54. The number of amides is 1. The second-order valence-corrected chi connectivity index (χ2v) is 7.59. The molecule has 6 nitrogen and oxygen atoms in total. The van der Waals surface area contributed by atoms with E-state index in [1.807, 2.05) is 19.9 Å². The number of fused-ring (bicyclic) bond motifs is 1. The lowest BCUT2D eigenvalue weighted by Crippen LogP contribution is -2.37. The Hall–Kier alpha value is -2.37. The van der Waals surface area contributed by atoms with Crippen molar-refractivity contribution in [2.75, 3.05) is 0 Å². The van der Waals surface area contributed by atoms with Crippen molar-refractivity contribution in [1.29, 1.82) is 0 Å². The quantitative estimate of drug-likeness (QED) is 0.926. The van der Waals surface area contributed by atoms with E-state index in [0.717, 1.165) is 36.3 Å². The number of furan rings is 1. The van der Waals surface area contributed by atoms with Gasteiger partial charge >= 0.3 is 0 Å². The van der Waals surface area contributed by atoms with E-state index < -0.39 is 0 Å². The Morgan fingerprint density at radius 2 is 2.20 bits per heavy atom. The predicted molar refractivity (Wildman–Crippen MR) is 94.5 cm³/mol. The van der Waals surface area contributed by atoms with Crippen molar-refractivity contribution in [3.05, 3.63) is 51.3 Å². The Morgan fingerprint density at radius 1 is 1.44 bits per heavy atom. The standard InChI is InChI=1S/C19H25N3O3/c1-5-8-22-17(23)7-6-14(21-22)18(24)20-15-10-19(3,4)11-16-13(15)9-12(2)25-16/h6-7,9,15H,5,8,10-11H2,1-4H3,(H,20,24)/t15-/m0/s1. The zero-order chi connectivity index (χ0) is 18.2. The summed E-state index contributed by atoms with van der Waals surface area (Å²) < 4.78 is 7.15. The third kappa shape index (κ3) is 3.67. The number of hydrogen-bond acceptors (Lipinski definition) is 4. The number of rotatable bonds is 4. The first kappa shape index (κ1) is 17.5. The zero-order valence-electron chi connectivity index (χ0n) is 15.3. The molecule has 1 aliphatic rings. The van der Waals surface area contributed by atoms with Crippen LogP contribution in [0.2, 0.25) is 0 Å². The van der Waals surface area contributed by atoms with Crippen LogP contribution in [0, 0.1) is 12.3 Å². The van der Waals surface area contributed by atoms with E-state index in [9.17, 15) is 9.59 Å². The first-order chi connectivity index (χ1) is 11.8. The van der Waals surface area contributed by atoms with Crippen molar-refractivity contribution in [3.63, 3.8) is 0 Å². The molecule has 1 aliphatic carbocycles. The highest BCUT2D eigenvalue weighted by Gasteiger charge is 2.35. The molecule has 2 aromatic heterocycles. The fourth-order valence-electron chi connectivity index (χ4n) is 3.49. The Morgan fingerprint density at radius 3 is 2.92 bits per heavy atom. The highest BCUT2D eigenvalue weighted by Crippen LogP contribution is 2.42. The Labute approximate surface area is 147 Å². The Bertz CT molecular complexity index is 848. The molecule has 25 heavy (non-hydrogen) atoms. The molecule has 0 unspecified atom stereocenters. The maximum Gasteiger partial charge on any atom is 0.272 e. The number of aryl methyl sites for hydroxylation is 2. The van der Waals surface area contributed by atoms with Gasteiger partial charge in [-0.2, -0.15) is 5.10 Å². The van der Waals surface area contributed by atoms with E-state index in [1.165, 1.54) is 16.8 Å². The summed E-state index contributed by atoms with van der Waals surface area (Å²) in [5.41, 5.74) is 1.17. The summed E-state index contributed by atoms with van der Waals surface area (Å²) in [6.45, 7) is 8.74. The molecule has 0 bridgehead atoms. The van der Waals surface area contributed by atoms with E-state index in [0.29, 0.717) is 6.54 Å². The van der Waals surface area contributed by atoms with Crippen molar-refractivity contribution in [1.82, 2.24) is 15.1 Å². The molecule has 2 heterocycles. The summed E-state index contributed by atoms with van der Waals surface area (Å²) in [5.74, 6) is 1.54. The minimum Gasteiger partial charge on any atom is -0.466 e.